The van der Waals surface area contributed by atoms with Crippen molar-refractivity contribution in [3.63, 3.8) is 0 Å². The molecule has 0 aliphatic rings. The summed E-state index contributed by atoms with van der Waals surface area (Å²) in [7, 11) is 4.44. The molecule has 0 fully saturated rings. The number of amides is 1. The summed E-state index contributed by atoms with van der Waals surface area (Å²) >= 11 is 6.57. The molecule has 8 nitrogen and oxygen atoms in total. The van der Waals surface area contributed by atoms with Crippen molar-refractivity contribution >= 4 is 28.4 Å². The molecule has 2 N–H and O–H groups in total. The number of halogens is 1. The Balaban J connectivity index is 1.82. The van der Waals surface area contributed by atoms with Crippen molar-refractivity contribution in [2.75, 3.05) is 27.9 Å². The van der Waals surface area contributed by atoms with Crippen LogP contribution >= 0.6 is 11.6 Å². The highest BCUT2D eigenvalue weighted by atomic mass is 35.5. The van der Waals surface area contributed by atoms with Crippen molar-refractivity contribution in [3.05, 3.63) is 82.5 Å². The maximum absolute atomic E-state index is 13.5. The Labute approximate surface area is 219 Å². The lowest BCUT2D eigenvalue weighted by molar-refractivity contribution is 0.0942. The number of carbonyl (C=O) groups excluding carboxylic acids is 1. The van der Waals surface area contributed by atoms with Crippen molar-refractivity contribution in [1.82, 2.24) is 10.3 Å². The summed E-state index contributed by atoms with van der Waals surface area (Å²) in [5.41, 5.74) is 1.70. The predicted octanol–water partition coefficient (Wildman–Crippen LogP) is 5.54. The Morgan fingerprint density at radius 3 is 2.30 bits per heavy atom. The smallest absolute Gasteiger partial charge is 0.252 e. The van der Waals surface area contributed by atoms with Crippen molar-refractivity contribution in [2.45, 2.75) is 13.0 Å². The molecule has 1 amide bonds. The monoisotopic (exact) mass is 522 g/mol. The standard InChI is InChI=1S/C28H27ClN2O6/c1-5-37-18-10-8-16(9-11-18)24(20-15-21(29)19-7-6-12-30-25(19)26(20)32)31-28(33)17-13-22(34-2)27(36-4)23(14-17)35-3/h6-15,24,32H,5H2,1-4H3,(H,31,33)/t24-/m1/s1. The number of phenols is 1. The van der Waals surface area contributed by atoms with Gasteiger partial charge in [-0.3, -0.25) is 9.78 Å². The molecule has 0 radical (unpaired) electrons. The number of rotatable bonds is 9. The molecule has 0 saturated carbocycles. The normalized spacial score (nSPS) is 11.6. The lowest BCUT2D eigenvalue weighted by Gasteiger charge is -2.23. The molecule has 0 spiro atoms. The van der Waals surface area contributed by atoms with Gasteiger partial charge < -0.3 is 29.4 Å². The van der Waals surface area contributed by atoms with Crippen LogP contribution in [0.2, 0.25) is 5.02 Å². The zero-order valence-corrected chi connectivity index (χ0v) is 21.6. The third kappa shape index (κ3) is 5.20. The van der Waals surface area contributed by atoms with E-state index in [0.717, 1.165) is 0 Å². The van der Waals surface area contributed by atoms with Gasteiger partial charge in [-0.15, -0.1) is 0 Å². The zero-order valence-electron chi connectivity index (χ0n) is 20.9. The van der Waals surface area contributed by atoms with Gasteiger partial charge in [0.2, 0.25) is 5.75 Å². The lowest BCUT2D eigenvalue weighted by Crippen LogP contribution is -2.29. The van der Waals surface area contributed by atoms with E-state index in [9.17, 15) is 9.90 Å². The summed E-state index contributed by atoms with van der Waals surface area (Å²) in [6.45, 7) is 2.42. The largest absolute Gasteiger partial charge is 0.505 e. The first-order chi connectivity index (χ1) is 17.9. The van der Waals surface area contributed by atoms with Gasteiger partial charge >= 0.3 is 0 Å². The van der Waals surface area contributed by atoms with E-state index in [4.69, 9.17) is 30.5 Å². The van der Waals surface area contributed by atoms with Crippen LogP contribution in [0.3, 0.4) is 0 Å². The van der Waals surface area contributed by atoms with Crippen LogP contribution in [0.4, 0.5) is 0 Å². The number of benzene rings is 3. The fourth-order valence-corrected chi connectivity index (χ4v) is 4.39. The van der Waals surface area contributed by atoms with E-state index in [1.807, 2.05) is 19.1 Å². The van der Waals surface area contributed by atoms with E-state index in [-0.39, 0.29) is 11.3 Å². The molecule has 0 saturated heterocycles. The summed E-state index contributed by atoms with van der Waals surface area (Å²) in [6.07, 6.45) is 1.57. The van der Waals surface area contributed by atoms with Gasteiger partial charge in [-0.2, -0.15) is 0 Å². The number of methoxy groups -OCH3 is 3. The topological polar surface area (TPSA) is 99.1 Å². The van der Waals surface area contributed by atoms with E-state index < -0.39 is 11.9 Å². The Morgan fingerprint density at radius 1 is 1.03 bits per heavy atom. The van der Waals surface area contributed by atoms with E-state index in [1.165, 1.54) is 21.3 Å². The van der Waals surface area contributed by atoms with Crippen LogP contribution in [0.25, 0.3) is 10.9 Å². The summed E-state index contributed by atoms with van der Waals surface area (Å²) in [4.78, 5) is 17.9. The fraction of sp³-hybridized carbons (Fsp3) is 0.214. The number of aromatic nitrogens is 1. The number of hydrogen-bond acceptors (Lipinski definition) is 7. The summed E-state index contributed by atoms with van der Waals surface area (Å²) < 4.78 is 21.7. The van der Waals surface area contributed by atoms with Crippen LogP contribution in [-0.4, -0.2) is 43.9 Å². The third-order valence-electron chi connectivity index (χ3n) is 5.88. The third-order valence-corrected chi connectivity index (χ3v) is 6.20. The van der Waals surface area contributed by atoms with E-state index in [1.54, 1.807) is 48.7 Å². The molecule has 0 unspecified atom stereocenters. The molecule has 0 aliphatic heterocycles. The van der Waals surface area contributed by atoms with Gasteiger partial charge in [-0.25, -0.2) is 0 Å². The molecule has 1 atom stereocenters. The first kappa shape index (κ1) is 25.9. The molecular formula is C28H27ClN2O6. The van der Waals surface area contributed by atoms with Gasteiger partial charge in [-0.05, 0) is 55.0 Å². The zero-order chi connectivity index (χ0) is 26.5. The maximum Gasteiger partial charge on any atom is 0.252 e. The van der Waals surface area contributed by atoms with Crippen LogP contribution < -0.4 is 24.3 Å². The number of hydrogen-bond donors (Lipinski definition) is 2. The van der Waals surface area contributed by atoms with Gasteiger partial charge in [0.1, 0.15) is 17.0 Å². The molecule has 1 heterocycles. The molecule has 0 aliphatic carbocycles. The van der Waals surface area contributed by atoms with Crippen molar-refractivity contribution in [2.24, 2.45) is 0 Å². The maximum atomic E-state index is 13.5. The highest BCUT2D eigenvalue weighted by molar-refractivity contribution is 6.35. The Morgan fingerprint density at radius 2 is 1.70 bits per heavy atom. The predicted molar refractivity (Wildman–Crippen MR) is 141 cm³/mol. The van der Waals surface area contributed by atoms with E-state index in [0.29, 0.717) is 56.7 Å². The quantitative estimate of drug-likeness (QED) is 0.298. The number of fused-ring (bicyclic) bond motifs is 1. The minimum absolute atomic E-state index is 0.0796. The fourth-order valence-electron chi connectivity index (χ4n) is 4.12. The molecule has 192 valence electrons. The van der Waals surface area contributed by atoms with Crippen LogP contribution in [0.15, 0.2) is 60.8 Å². The van der Waals surface area contributed by atoms with E-state index >= 15 is 0 Å². The highest BCUT2D eigenvalue weighted by Crippen LogP contribution is 2.40. The second-order valence-electron chi connectivity index (χ2n) is 8.02. The average molecular weight is 523 g/mol. The van der Waals surface area contributed by atoms with Crippen molar-refractivity contribution in [1.29, 1.82) is 0 Å². The Bertz CT molecular complexity index is 1400. The van der Waals surface area contributed by atoms with Gasteiger partial charge in [-0.1, -0.05) is 23.7 Å². The number of nitrogens with zero attached hydrogens (tertiary/aromatic N) is 1. The number of phenolic OH excluding ortho intramolecular Hbond substituents is 1. The number of nitrogens with one attached hydrogen (secondary N) is 1. The molecule has 37 heavy (non-hydrogen) atoms. The van der Waals surface area contributed by atoms with Gasteiger partial charge in [0.15, 0.2) is 11.5 Å². The number of aromatic hydroxyl groups is 1. The molecule has 0 bridgehead atoms. The second kappa shape index (κ2) is 11.3. The van der Waals surface area contributed by atoms with Gasteiger partial charge in [0.25, 0.3) is 5.91 Å². The molecule has 9 heteroatoms. The Kier molecular flexibility index (Phi) is 7.89. The second-order valence-corrected chi connectivity index (χ2v) is 8.43. The summed E-state index contributed by atoms with van der Waals surface area (Å²) in [5.74, 6) is 1.22. The van der Waals surface area contributed by atoms with Crippen LogP contribution in [0, 0.1) is 0 Å². The van der Waals surface area contributed by atoms with Crippen molar-refractivity contribution < 1.29 is 28.8 Å². The molecule has 4 rings (SSSR count). The molecule has 1 aromatic heterocycles. The van der Waals surface area contributed by atoms with Gasteiger partial charge in [0, 0.05) is 22.7 Å². The highest BCUT2D eigenvalue weighted by Gasteiger charge is 2.25. The van der Waals surface area contributed by atoms with Crippen molar-refractivity contribution in [3.8, 4) is 28.7 Å². The van der Waals surface area contributed by atoms with Crippen LogP contribution in [0.1, 0.15) is 34.5 Å². The number of ether oxygens (including phenoxy) is 4. The Hall–Kier alpha value is -4.17. The minimum Gasteiger partial charge on any atom is -0.505 e. The molecular weight excluding hydrogens is 496 g/mol. The number of pyridine rings is 1. The van der Waals surface area contributed by atoms with Gasteiger partial charge in [0.05, 0.1) is 39.0 Å². The lowest BCUT2D eigenvalue weighted by atomic mass is 9.95. The summed E-state index contributed by atoms with van der Waals surface area (Å²) in [6, 6.07) is 14.7. The first-order valence-corrected chi connectivity index (χ1v) is 11.9. The first-order valence-electron chi connectivity index (χ1n) is 11.5. The molecule has 3 aromatic carbocycles. The SMILES string of the molecule is CCOc1ccc([C@@H](NC(=O)c2cc(OC)c(OC)c(OC)c2)c2cc(Cl)c3cccnc3c2O)cc1. The summed E-state index contributed by atoms with van der Waals surface area (Å²) in [5, 5.41) is 15.2. The van der Waals surface area contributed by atoms with E-state index in [2.05, 4.69) is 10.3 Å². The van der Waals surface area contributed by atoms with Crippen LogP contribution in [-0.2, 0) is 0 Å². The van der Waals surface area contributed by atoms with Crippen LogP contribution in [0.5, 0.6) is 28.7 Å². The minimum atomic E-state index is -0.772. The average Bonchev–Trinajstić information content (AvgIpc) is 2.93. The number of carbonyl (C=O) groups is 1. The molecule has 4 aromatic rings.